The molecule has 2 aromatic carbocycles. The normalized spacial score (nSPS) is 15.0. The highest BCUT2D eigenvalue weighted by atomic mass is 32.2. The van der Waals surface area contributed by atoms with Crippen LogP contribution in [0.2, 0.25) is 0 Å². The molecule has 0 bridgehead atoms. The van der Waals surface area contributed by atoms with Gasteiger partial charge >= 0.3 is 0 Å². The minimum Gasteiger partial charge on any atom is -0.349 e. The first-order chi connectivity index (χ1) is 14.4. The van der Waals surface area contributed by atoms with Crippen molar-refractivity contribution in [3.8, 4) is 0 Å². The van der Waals surface area contributed by atoms with Gasteiger partial charge in [-0.05, 0) is 49.1 Å². The first-order valence-corrected chi connectivity index (χ1v) is 11.7. The fourth-order valence-electron chi connectivity index (χ4n) is 3.78. The number of rotatable bonds is 7. The Morgan fingerprint density at radius 1 is 1.07 bits per heavy atom. The average Bonchev–Trinajstić information content (AvgIpc) is 3.40. The predicted molar refractivity (Wildman–Crippen MR) is 115 cm³/mol. The third-order valence-electron chi connectivity index (χ3n) is 5.59. The largest absolute Gasteiger partial charge is 0.349 e. The van der Waals surface area contributed by atoms with Crippen molar-refractivity contribution in [2.75, 3.05) is 13.1 Å². The monoisotopic (exact) mass is 426 g/mol. The smallest absolute Gasteiger partial charge is 0.243 e. The van der Waals surface area contributed by atoms with E-state index in [1.165, 1.54) is 4.31 Å². The lowest BCUT2D eigenvalue weighted by atomic mass is 10.1. The van der Waals surface area contributed by atoms with E-state index in [-0.39, 0.29) is 5.91 Å². The van der Waals surface area contributed by atoms with E-state index in [1.807, 2.05) is 35.9 Å². The van der Waals surface area contributed by atoms with Gasteiger partial charge in [0.15, 0.2) is 0 Å². The van der Waals surface area contributed by atoms with Crippen LogP contribution >= 0.6 is 0 Å². The Kier molecular flexibility index (Phi) is 5.87. The second-order valence-electron chi connectivity index (χ2n) is 7.61. The highest BCUT2D eigenvalue weighted by Crippen LogP contribution is 2.21. The van der Waals surface area contributed by atoms with Crippen LogP contribution in [0.25, 0.3) is 11.0 Å². The van der Waals surface area contributed by atoms with E-state index in [0.29, 0.717) is 37.4 Å². The van der Waals surface area contributed by atoms with Gasteiger partial charge in [-0.25, -0.2) is 13.4 Å². The summed E-state index contributed by atoms with van der Waals surface area (Å²) in [6, 6.07) is 14.7. The van der Waals surface area contributed by atoms with Crippen LogP contribution in [0.1, 0.15) is 30.7 Å². The zero-order valence-electron chi connectivity index (χ0n) is 17.0. The summed E-state index contributed by atoms with van der Waals surface area (Å²) in [6.07, 6.45) is 2.72. The third-order valence-corrected chi connectivity index (χ3v) is 7.50. The Hall–Kier alpha value is -2.71. The Bertz CT molecular complexity index is 1150. The molecule has 1 aromatic heterocycles. The van der Waals surface area contributed by atoms with Crippen molar-refractivity contribution in [1.29, 1.82) is 0 Å². The van der Waals surface area contributed by atoms with Crippen LogP contribution in [0.5, 0.6) is 0 Å². The van der Waals surface area contributed by atoms with E-state index in [4.69, 9.17) is 0 Å². The lowest BCUT2D eigenvalue weighted by Gasteiger charge is -2.15. The van der Waals surface area contributed by atoms with Gasteiger partial charge in [0.05, 0.1) is 22.5 Å². The predicted octanol–water partition coefficient (Wildman–Crippen LogP) is 2.61. The van der Waals surface area contributed by atoms with E-state index in [0.717, 1.165) is 35.3 Å². The van der Waals surface area contributed by atoms with Gasteiger partial charge < -0.3 is 9.88 Å². The molecule has 1 fully saturated rings. The molecule has 1 saturated heterocycles. The maximum atomic E-state index is 12.6. The van der Waals surface area contributed by atoms with Crippen LogP contribution in [-0.4, -0.2) is 41.3 Å². The zero-order valence-corrected chi connectivity index (χ0v) is 17.9. The van der Waals surface area contributed by atoms with Crippen LogP contribution in [-0.2, 0) is 34.8 Å². The molecule has 2 heterocycles. The van der Waals surface area contributed by atoms with Crippen molar-refractivity contribution < 1.29 is 13.2 Å². The van der Waals surface area contributed by atoms with Gasteiger partial charge in [0.2, 0.25) is 15.9 Å². The molecule has 7 nitrogen and oxygen atoms in total. The Labute approximate surface area is 176 Å². The molecule has 3 aromatic rings. The van der Waals surface area contributed by atoms with Gasteiger partial charge in [0.25, 0.3) is 0 Å². The number of sulfonamides is 1. The average molecular weight is 427 g/mol. The molecule has 0 spiro atoms. The van der Waals surface area contributed by atoms with Gasteiger partial charge in [-0.3, -0.25) is 4.79 Å². The number of imidazole rings is 1. The van der Waals surface area contributed by atoms with E-state index in [1.54, 1.807) is 24.3 Å². The molecule has 1 N–H and O–H groups in total. The van der Waals surface area contributed by atoms with Crippen molar-refractivity contribution in [1.82, 2.24) is 19.2 Å². The summed E-state index contributed by atoms with van der Waals surface area (Å²) in [6.45, 7) is 1.56. The van der Waals surface area contributed by atoms with Gasteiger partial charge in [-0.15, -0.1) is 0 Å². The zero-order chi connectivity index (χ0) is 21.1. The summed E-state index contributed by atoms with van der Waals surface area (Å²) in [5.41, 5.74) is 2.88. The summed E-state index contributed by atoms with van der Waals surface area (Å²) in [5, 5.41) is 2.92. The fraction of sp³-hybridized carbons (Fsp3) is 0.364. The molecule has 0 aliphatic carbocycles. The lowest BCUT2D eigenvalue weighted by molar-refractivity contribution is -0.121. The van der Waals surface area contributed by atoms with Crippen molar-refractivity contribution in [3.63, 3.8) is 0 Å². The van der Waals surface area contributed by atoms with Gasteiger partial charge in [0, 0.05) is 26.6 Å². The number of carbonyl (C=O) groups excluding carboxylic acids is 1. The molecular formula is C22H26N4O3S. The number of hydrogen-bond acceptors (Lipinski definition) is 4. The molecule has 1 aliphatic heterocycles. The SMILES string of the molecule is Cn1c(CNC(=O)CCc2ccc(S(=O)(=O)N3CCCC3)cc2)nc2ccccc21. The topological polar surface area (TPSA) is 84.3 Å². The molecular weight excluding hydrogens is 400 g/mol. The Morgan fingerprint density at radius 3 is 2.47 bits per heavy atom. The lowest BCUT2D eigenvalue weighted by Crippen LogP contribution is -2.27. The fourth-order valence-corrected chi connectivity index (χ4v) is 5.30. The van der Waals surface area contributed by atoms with E-state index in [2.05, 4.69) is 10.3 Å². The summed E-state index contributed by atoms with van der Waals surface area (Å²) in [5.74, 6) is 0.747. The first kappa shape index (κ1) is 20.6. The summed E-state index contributed by atoms with van der Waals surface area (Å²) in [7, 11) is -1.46. The highest BCUT2D eigenvalue weighted by Gasteiger charge is 2.26. The minimum absolute atomic E-state index is 0.0594. The molecule has 30 heavy (non-hydrogen) atoms. The first-order valence-electron chi connectivity index (χ1n) is 10.2. The van der Waals surface area contributed by atoms with Crippen molar-refractivity contribution in [2.24, 2.45) is 7.05 Å². The number of hydrogen-bond donors (Lipinski definition) is 1. The van der Waals surface area contributed by atoms with Crippen LogP contribution in [0, 0.1) is 0 Å². The van der Waals surface area contributed by atoms with E-state index < -0.39 is 10.0 Å². The number of aromatic nitrogens is 2. The number of benzene rings is 2. The maximum absolute atomic E-state index is 12.6. The number of amides is 1. The van der Waals surface area contributed by atoms with Crippen molar-refractivity contribution in [2.45, 2.75) is 37.1 Å². The van der Waals surface area contributed by atoms with Crippen LogP contribution in [0.3, 0.4) is 0 Å². The molecule has 0 radical (unpaired) electrons. The summed E-state index contributed by atoms with van der Waals surface area (Å²) in [4.78, 5) is 17.1. The van der Waals surface area contributed by atoms with Crippen molar-refractivity contribution >= 4 is 27.0 Å². The van der Waals surface area contributed by atoms with E-state index >= 15 is 0 Å². The quantitative estimate of drug-likeness (QED) is 0.629. The molecule has 0 saturated carbocycles. The number of aryl methyl sites for hydroxylation is 2. The highest BCUT2D eigenvalue weighted by molar-refractivity contribution is 7.89. The number of carbonyl (C=O) groups is 1. The minimum atomic E-state index is -3.40. The molecule has 4 rings (SSSR count). The van der Waals surface area contributed by atoms with Gasteiger partial charge in [-0.2, -0.15) is 4.31 Å². The Balaban J connectivity index is 1.31. The molecule has 1 aliphatic rings. The van der Waals surface area contributed by atoms with Crippen molar-refractivity contribution in [3.05, 3.63) is 59.9 Å². The van der Waals surface area contributed by atoms with Crippen LogP contribution < -0.4 is 5.32 Å². The number of nitrogens with zero attached hydrogens (tertiary/aromatic N) is 3. The molecule has 0 atom stereocenters. The summed E-state index contributed by atoms with van der Waals surface area (Å²) >= 11 is 0. The second-order valence-corrected chi connectivity index (χ2v) is 9.55. The van der Waals surface area contributed by atoms with Crippen LogP contribution in [0.4, 0.5) is 0 Å². The molecule has 0 unspecified atom stereocenters. The third kappa shape index (κ3) is 4.24. The number of nitrogens with one attached hydrogen (secondary N) is 1. The molecule has 158 valence electrons. The Morgan fingerprint density at radius 2 is 1.77 bits per heavy atom. The van der Waals surface area contributed by atoms with Gasteiger partial charge in [-0.1, -0.05) is 24.3 Å². The summed E-state index contributed by atoms with van der Waals surface area (Å²) < 4.78 is 28.7. The van der Waals surface area contributed by atoms with E-state index in [9.17, 15) is 13.2 Å². The number of para-hydroxylation sites is 2. The van der Waals surface area contributed by atoms with Crippen LogP contribution in [0.15, 0.2) is 53.4 Å². The van der Waals surface area contributed by atoms with Gasteiger partial charge in [0.1, 0.15) is 5.82 Å². The number of fused-ring (bicyclic) bond motifs is 1. The molecule has 8 heteroatoms. The second kappa shape index (κ2) is 8.57. The molecule has 1 amide bonds. The maximum Gasteiger partial charge on any atom is 0.243 e. The standard InChI is InChI=1S/C22H26N4O3S/c1-25-20-7-3-2-6-19(20)24-21(25)16-23-22(27)13-10-17-8-11-18(12-9-17)30(28,29)26-14-4-5-15-26/h2-3,6-9,11-12H,4-5,10,13-16H2,1H3,(H,23,27).